The molecule has 0 spiro atoms. The Morgan fingerprint density at radius 2 is 2.19 bits per heavy atom. The molecular weight excluding hydrogens is 268 g/mol. The molecule has 1 fully saturated rings. The number of carbonyl (C=O) groups is 1. The van der Waals surface area contributed by atoms with E-state index in [0.717, 1.165) is 32.4 Å². The van der Waals surface area contributed by atoms with Crippen LogP contribution < -0.4 is 10.1 Å². The van der Waals surface area contributed by atoms with Crippen LogP contribution in [0.1, 0.15) is 39.5 Å². The molecule has 1 aliphatic heterocycles. The van der Waals surface area contributed by atoms with Gasteiger partial charge < -0.3 is 15.0 Å². The predicted octanol–water partition coefficient (Wildman–Crippen LogP) is 2.08. The highest BCUT2D eigenvalue weighted by Gasteiger charge is 2.22. The lowest BCUT2D eigenvalue weighted by molar-refractivity contribution is -0.132. The van der Waals surface area contributed by atoms with E-state index in [4.69, 9.17) is 4.74 Å². The molecule has 1 N–H and O–H groups in total. The number of piperidine rings is 1. The number of hydrogen-bond donors (Lipinski definition) is 1. The molecule has 0 radical (unpaired) electrons. The van der Waals surface area contributed by atoms with Gasteiger partial charge in [-0.3, -0.25) is 4.79 Å². The van der Waals surface area contributed by atoms with E-state index in [1.165, 1.54) is 6.42 Å². The molecule has 1 aliphatic rings. The molecule has 0 saturated carbocycles. The van der Waals surface area contributed by atoms with Crippen molar-refractivity contribution in [1.29, 1.82) is 0 Å². The van der Waals surface area contributed by atoms with E-state index < -0.39 is 0 Å². The first-order chi connectivity index (χ1) is 10.2. The van der Waals surface area contributed by atoms with Gasteiger partial charge >= 0.3 is 0 Å². The zero-order valence-electron chi connectivity index (χ0n) is 12.8. The SMILES string of the molecule is CCCOc1ccnc(NC(C)C(=O)N2CCCCC2)n1. The number of nitrogens with one attached hydrogen (secondary N) is 1. The third-order valence-corrected chi connectivity index (χ3v) is 3.47. The number of likely N-dealkylation sites (tertiary alicyclic amines) is 1. The predicted molar refractivity (Wildman–Crippen MR) is 81.3 cm³/mol. The number of hydrogen-bond acceptors (Lipinski definition) is 5. The van der Waals surface area contributed by atoms with Crippen molar-refractivity contribution in [2.45, 2.75) is 45.6 Å². The van der Waals surface area contributed by atoms with Crippen LogP contribution in [0.15, 0.2) is 12.3 Å². The second-order valence-electron chi connectivity index (χ2n) is 5.32. The van der Waals surface area contributed by atoms with Crippen LogP contribution in [0.2, 0.25) is 0 Å². The van der Waals surface area contributed by atoms with Crippen LogP contribution in [0.25, 0.3) is 0 Å². The molecule has 0 aliphatic carbocycles. The highest BCUT2D eigenvalue weighted by atomic mass is 16.5. The summed E-state index contributed by atoms with van der Waals surface area (Å²) in [5.74, 6) is 1.08. The third-order valence-electron chi connectivity index (χ3n) is 3.47. The maximum Gasteiger partial charge on any atom is 0.244 e. The van der Waals surface area contributed by atoms with E-state index >= 15 is 0 Å². The summed E-state index contributed by atoms with van der Waals surface area (Å²) in [4.78, 5) is 22.7. The van der Waals surface area contributed by atoms with E-state index in [1.807, 2.05) is 18.7 Å². The van der Waals surface area contributed by atoms with Gasteiger partial charge in [0.1, 0.15) is 6.04 Å². The smallest absolute Gasteiger partial charge is 0.244 e. The average Bonchev–Trinajstić information content (AvgIpc) is 2.53. The van der Waals surface area contributed by atoms with Gasteiger partial charge in [0.2, 0.25) is 17.7 Å². The van der Waals surface area contributed by atoms with E-state index in [9.17, 15) is 4.79 Å². The fourth-order valence-corrected chi connectivity index (χ4v) is 2.34. The Morgan fingerprint density at radius 1 is 1.43 bits per heavy atom. The molecule has 2 heterocycles. The fourth-order valence-electron chi connectivity index (χ4n) is 2.34. The van der Waals surface area contributed by atoms with E-state index in [0.29, 0.717) is 18.4 Å². The molecule has 1 saturated heterocycles. The zero-order valence-corrected chi connectivity index (χ0v) is 12.8. The molecule has 2 rings (SSSR count). The summed E-state index contributed by atoms with van der Waals surface area (Å²) < 4.78 is 5.47. The maximum absolute atomic E-state index is 12.3. The number of nitrogens with zero attached hydrogens (tertiary/aromatic N) is 3. The van der Waals surface area contributed by atoms with Crippen molar-refractivity contribution >= 4 is 11.9 Å². The Bertz CT molecular complexity index is 461. The second-order valence-corrected chi connectivity index (χ2v) is 5.32. The maximum atomic E-state index is 12.3. The van der Waals surface area contributed by atoms with Crippen molar-refractivity contribution in [2.75, 3.05) is 25.0 Å². The first-order valence-electron chi connectivity index (χ1n) is 7.72. The summed E-state index contributed by atoms with van der Waals surface area (Å²) in [6.45, 7) is 6.22. The van der Waals surface area contributed by atoms with Crippen molar-refractivity contribution in [3.05, 3.63) is 12.3 Å². The minimum absolute atomic E-state index is 0.109. The van der Waals surface area contributed by atoms with Gasteiger partial charge in [-0.2, -0.15) is 4.98 Å². The average molecular weight is 292 g/mol. The van der Waals surface area contributed by atoms with Crippen LogP contribution in [0.5, 0.6) is 5.88 Å². The lowest BCUT2D eigenvalue weighted by Crippen LogP contribution is -2.44. The van der Waals surface area contributed by atoms with Gasteiger partial charge in [-0.15, -0.1) is 0 Å². The van der Waals surface area contributed by atoms with Gasteiger partial charge in [0, 0.05) is 25.4 Å². The van der Waals surface area contributed by atoms with Crippen molar-refractivity contribution in [1.82, 2.24) is 14.9 Å². The summed E-state index contributed by atoms with van der Waals surface area (Å²) in [6, 6.07) is 1.39. The molecule has 1 aromatic heterocycles. The normalized spacial score (nSPS) is 16.4. The van der Waals surface area contributed by atoms with E-state index in [2.05, 4.69) is 15.3 Å². The van der Waals surface area contributed by atoms with Crippen LogP contribution in [0.4, 0.5) is 5.95 Å². The molecule has 6 heteroatoms. The second kappa shape index (κ2) is 7.81. The Morgan fingerprint density at radius 3 is 2.90 bits per heavy atom. The summed E-state index contributed by atoms with van der Waals surface area (Å²) >= 11 is 0. The standard InChI is InChI=1S/C15H24N4O2/c1-3-11-21-13-7-8-16-15(18-13)17-12(2)14(20)19-9-5-4-6-10-19/h7-8,12H,3-6,9-11H2,1-2H3,(H,16,17,18). The molecule has 1 atom stereocenters. The lowest BCUT2D eigenvalue weighted by Gasteiger charge is -2.29. The highest BCUT2D eigenvalue weighted by Crippen LogP contribution is 2.13. The Hall–Kier alpha value is -1.85. The van der Waals surface area contributed by atoms with Gasteiger partial charge in [0.25, 0.3) is 0 Å². The Labute approximate surface area is 125 Å². The van der Waals surface area contributed by atoms with Crippen molar-refractivity contribution in [2.24, 2.45) is 0 Å². The number of aromatic nitrogens is 2. The molecule has 21 heavy (non-hydrogen) atoms. The van der Waals surface area contributed by atoms with E-state index in [-0.39, 0.29) is 11.9 Å². The van der Waals surface area contributed by atoms with Crippen molar-refractivity contribution < 1.29 is 9.53 Å². The number of ether oxygens (including phenoxy) is 1. The molecule has 0 bridgehead atoms. The topological polar surface area (TPSA) is 67.3 Å². The van der Waals surface area contributed by atoms with E-state index in [1.54, 1.807) is 12.3 Å². The summed E-state index contributed by atoms with van der Waals surface area (Å²) in [6.07, 6.45) is 5.96. The summed E-state index contributed by atoms with van der Waals surface area (Å²) in [5, 5.41) is 3.06. The number of rotatable bonds is 6. The molecule has 1 unspecified atom stereocenters. The largest absolute Gasteiger partial charge is 0.478 e. The molecule has 1 aromatic rings. The number of carbonyl (C=O) groups excluding carboxylic acids is 1. The number of amides is 1. The lowest BCUT2D eigenvalue weighted by atomic mass is 10.1. The summed E-state index contributed by atoms with van der Waals surface area (Å²) in [7, 11) is 0. The third kappa shape index (κ3) is 4.58. The molecular formula is C15H24N4O2. The molecule has 1 amide bonds. The van der Waals surface area contributed by atoms with Gasteiger partial charge in [-0.25, -0.2) is 4.98 Å². The Balaban J connectivity index is 1.91. The van der Waals surface area contributed by atoms with Crippen LogP contribution in [-0.2, 0) is 4.79 Å². The minimum atomic E-state index is -0.329. The van der Waals surface area contributed by atoms with Crippen molar-refractivity contribution in [3.8, 4) is 5.88 Å². The summed E-state index contributed by atoms with van der Waals surface area (Å²) in [5.41, 5.74) is 0. The van der Waals surface area contributed by atoms with Crippen LogP contribution in [0.3, 0.4) is 0 Å². The Kier molecular flexibility index (Phi) is 5.78. The zero-order chi connectivity index (χ0) is 15.1. The van der Waals surface area contributed by atoms with Crippen LogP contribution in [0, 0.1) is 0 Å². The fraction of sp³-hybridized carbons (Fsp3) is 0.667. The minimum Gasteiger partial charge on any atom is -0.478 e. The van der Waals surface area contributed by atoms with Crippen molar-refractivity contribution in [3.63, 3.8) is 0 Å². The highest BCUT2D eigenvalue weighted by molar-refractivity contribution is 5.83. The first-order valence-corrected chi connectivity index (χ1v) is 7.72. The van der Waals surface area contributed by atoms with Crippen LogP contribution >= 0.6 is 0 Å². The van der Waals surface area contributed by atoms with Gasteiger partial charge in [0.15, 0.2) is 0 Å². The number of anilines is 1. The van der Waals surface area contributed by atoms with Gasteiger partial charge in [-0.05, 0) is 32.6 Å². The first kappa shape index (κ1) is 15.5. The quantitative estimate of drug-likeness (QED) is 0.869. The molecule has 116 valence electrons. The van der Waals surface area contributed by atoms with Crippen LogP contribution in [-0.4, -0.2) is 46.5 Å². The van der Waals surface area contributed by atoms with Gasteiger partial charge in [0.05, 0.1) is 6.61 Å². The monoisotopic (exact) mass is 292 g/mol. The molecule has 6 nitrogen and oxygen atoms in total. The molecule has 0 aromatic carbocycles. The van der Waals surface area contributed by atoms with Gasteiger partial charge in [-0.1, -0.05) is 6.92 Å².